The Balaban J connectivity index is 1.58. The summed E-state index contributed by atoms with van der Waals surface area (Å²) in [4.78, 5) is 17.1. The third-order valence-corrected chi connectivity index (χ3v) is 5.73. The number of rotatable bonds is 7. The number of nitrogens with zero attached hydrogens (tertiary/aromatic N) is 1. The number of amides is 1. The van der Waals surface area contributed by atoms with Crippen molar-refractivity contribution in [2.24, 2.45) is 0 Å². The molecule has 0 radical (unpaired) electrons. The van der Waals surface area contributed by atoms with Crippen LogP contribution in [0.2, 0.25) is 0 Å². The Labute approximate surface area is 183 Å². The van der Waals surface area contributed by atoms with E-state index in [2.05, 4.69) is 10.3 Å². The van der Waals surface area contributed by atoms with Crippen LogP contribution in [0.25, 0.3) is 11.0 Å². The average molecular weight is 446 g/mol. The number of ether oxygens (including phenoxy) is 2. The van der Waals surface area contributed by atoms with Crippen molar-refractivity contribution in [3.63, 3.8) is 0 Å². The van der Waals surface area contributed by atoms with Gasteiger partial charge in [0.1, 0.15) is 23.7 Å². The lowest BCUT2D eigenvalue weighted by Gasteiger charge is -2.36. The number of aromatic nitrogens is 1. The Bertz CT molecular complexity index is 1110. The van der Waals surface area contributed by atoms with E-state index in [0.717, 1.165) is 0 Å². The van der Waals surface area contributed by atoms with Gasteiger partial charge in [-0.2, -0.15) is 0 Å². The molecule has 0 bridgehead atoms. The highest BCUT2D eigenvalue weighted by atomic mass is 19.3. The van der Waals surface area contributed by atoms with Gasteiger partial charge >= 0.3 is 0 Å². The highest BCUT2D eigenvalue weighted by Gasteiger charge is 2.35. The van der Waals surface area contributed by atoms with Gasteiger partial charge in [0.2, 0.25) is 0 Å². The van der Waals surface area contributed by atoms with Gasteiger partial charge in [-0.1, -0.05) is 0 Å². The molecule has 1 saturated heterocycles. The number of aliphatic hydroxyl groups is 1. The first-order chi connectivity index (χ1) is 15.4. The van der Waals surface area contributed by atoms with Crippen LogP contribution in [0.1, 0.15) is 46.6 Å². The van der Waals surface area contributed by atoms with E-state index in [1.165, 1.54) is 18.3 Å². The maximum Gasteiger partial charge on any atom is 0.265 e. The van der Waals surface area contributed by atoms with Crippen LogP contribution in [-0.4, -0.2) is 41.4 Å². The van der Waals surface area contributed by atoms with Crippen molar-refractivity contribution >= 4 is 16.9 Å². The molecular formula is C23H24F2N2O5. The number of aliphatic hydroxyl groups excluding tert-OH is 1. The van der Waals surface area contributed by atoms with Gasteiger partial charge in [-0.15, -0.1) is 0 Å². The normalized spacial score (nSPS) is 15.8. The van der Waals surface area contributed by atoms with E-state index in [1.807, 2.05) is 0 Å². The summed E-state index contributed by atoms with van der Waals surface area (Å²) in [6, 6.07) is 7.71. The Morgan fingerprint density at radius 2 is 2.09 bits per heavy atom. The first-order valence-corrected chi connectivity index (χ1v) is 10.3. The molecule has 0 unspecified atom stereocenters. The van der Waals surface area contributed by atoms with Crippen LogP contribution in [0.4, 0.5) is 8.78 Å². The van der Waals surface area contributed by atoms with Crippen LogP contribution >= 0.6 is 0 Å². The predicted octanol–water partition coefficient (Wildman–Crippen LogP) is 3.92. The van der Waals surface area contributed by atoms with Crippen LogP contribution in [0.5, 0.6) is 5.75 Å². The summed E-state index contributed by atoms with van der Waals surface area (Å²) >= 11 is 0. The Hall–Kier alpha value is -3.04. The molecule has 32 heavy (non-hydrogen) atoms. The van der Waals surface area contributed by atoms with Crippen LogP contribution in [-0.2, 0) is 11.3 Å². The number of benzene rings is 1. The molecule has 1 aliphatic rings. The highest BCUT2D eigenvalue weighted by molar-refractivity contribution is 6.07. The van der Waals surface area contributed by atoms with Gasteiger partial charge in [-0.25, -0.2) is 8.78 Å². The Morgan fingerprint density at radius 3 is 2.81 bits per heavy atom. The number of nitrogens with one attached hydrogen (secondary N) is 1. The molecule has 9 heteroatoms. The number of pyridine rings is 1. The van der Waals surface area contributed by atoms with Crippen molar-refractivity contribution in [2.45, 2.75) is 38.3 Å². The molecule has 170 valence electrons. The molecule has 0 saturated carbocycles. The summed E-state index contributed by atoms with van der Waals surface area (Å²) in [5.41, 5.74) is 0.0586. The van der Waals surface area contributed by atoms with E-state index in [4.69, 9.17) is 13.9 Å². The quantitative estimate of drug-likeness (QED) is 0.571. The topological polar surface area (TPSA) is 93.8 Å². The van der Waals surface area contributed by atoms with Gasteiger partial charge in [0, 0.05) is 30.4 Å². The number of halogens is 2. The average Bonchev–Trinajstić information content (AvgIpc) is 3.13. The summed E-state index contributed by atoms with van der Waals surface area (Å²) in [5.74, 6) is 0.458. The lowest BCUT2D eigenvalue weighted by molar-refractivity contribution is 0.0125. The van der Waals surface area contributed by atoms with Crippen molar-refractivity contribution in [1.82, 2.24) is 10.3 Å². The number of hydrogen-bond donors (Lipinski definition) is 2. The standard InChI is InChI=1S/C23H24F2N2O5/c1-14-20(22(29)27-23(13-28)6-9-30-10-7-23)17-11-15(4-5-19(17)32-14)31-12-18-16(21(24)25)3-2-8-26-18/h2-5,8,11,21,28H,6-7,9-10,12-13H2,1H3,(H,27,29). The van der Waals surface area contributed by atoms with Gasteiger partial charge in [0.05, 0.1) is 23.4 Å². The van der Waals surface area contributed by atoms with Gasteiger partial charge in [0.15, 0.2) is 0 Å². The molecule has 1 fully saturated rings. The zero-order valence-corrected chi connectivity index (χ0v) is 17.6. The Kier molecular flexibility index (Phi) is 6.38. The molecule has 7 nitrogen and oxygen atoms in total. The third kappa shape index (κ3) is 4.44. The number of fused-ring (bicyclic) bond motifs is 1. The van der Waals surface area contributed by atoms with Crippen molar-refractivity contribution in [2.75, 3.05) is 19.8 Å². The second-order valence-electron chi connectivity index (χ2n) is 7.82. The van der Waals surface area contributed by atoms with E-state index >= 15 is 0 Å². The third-order valence-electron chi connectivity index (χ3n) is 5.73. The first-order valence-electron chi connectivity index (χ1n) is 10.3. The molecule has 1 amide bonds. The number of alkyl halides is 2. The van der Waals surface area contributed by atoms with E-state index < -0.39 is 12.0 Å². The maximum atomic E-state index is 13.2. The minimum atomic E-state index is -2.65. The molecule has 1 aliphatic heterocycles. The second-order valence-corrected chi connectivity index (χ2v) is 7.82. The molecule has 2 N–H and O–H groups in total. The van der Waals surface area contributed by atoms with Crippen molar-refractivity contribution in [3.05, 3.63) is 59.1 Å². The fourth-order valence-corrected chi connectivity index (χ4v) is 3.88. The summed E-state index contributed by atoms with van der Waals surface area (Å²) in [6.45, 7) is 2.27. The molecule has 4 rings (SSSR count). The molecule has 0 atom stereocenters. The number of furan rings is 1. The van der Waals surface area contributed by atoms with Crippen LogP contribution in [0, 0.1) is 6.92 Å². The summed E-state index contributed by atoms with van der Waals surface area (Å²) < 4.78 is 43.1. The zero-order valence-electron chi connectivity index (χ0n) is 17.6. The van der Waals surface area contributed by atoms with Gasteiger partial charge in [0.25, 0.3) is 12.3 Å². The van der Waals surface area contributed by atoms with Gasteiger partial charge in [-0.3, -0.25) is 9.78 Å². The first kappa shape index (κ1) is 22.2. The lowest BCUT2D eigenvalue weighted by Crippen LogP contribution is -2.54. The molecular weight excluding hydrogens is 422 g/mol. The molecule has 0 spiro atoms. The number of carbonyl (C=O) groups is 1. The molecule has 3 aromatic rings. The SMILES string of the molecule is Cc1oc2ccc(OCc3ncccc3C(F)F)cc2c1C(=O)NC1(CO)CCOCC1. The molecule has 1 aromatic carbocycles. The number of carbonyl (C=O) groups excluding carboxylic acids is 1. The van der Waals surface area contributed by atoms with E-state index in [1.54, 1.807) is 25.1 Å². The maximum absolute atomic E-state index is 13.2. The number of hydrogen-bond acceptors (Lipinski definition) is 6. The highest BCUT2D eigenvalue weighted by Crippen LogP contribution is 2.31. The monoisotopic (exact) mass is 446 g/mol. The molecule has 2 aromatic heterocycles. The van der Waals surface area contributed by atoms with Crippen molar-refractivity contribution < 1.29 is 32.6 Å². The Morgan fingerprint density at radius 1 is 1.31 bits per heavy atom. The minimum absolute atomic E-state index is 0.141. The molecule has 3 heterocycles. The van der Waals surface area contributed by atoms with Crippen LogP contribution in [0.3, 0.4) is 0 Å². The van der Waals surface area contributed by atoms with Crippen LogP contribution in [0.15, 0.2) is 40.9 Å². The van der Waals surface area contributed by atoms with E-state index in [-0.39, 0.29) is 30.4 Å². The summed E-state index contributed by atoms with van der Waals surface area (Å²) in [6.07, 6.45) is -0.201. The molecule has 0 aliphatic carbocycles. The fraction of sp³-hybridized carbons (Fsp3) is 0.391. The smallest absolute Gasteiger partial charge is 0.265 e. The summed E-state index contributed by atoms with van der Waals surface area (Å²) in [5, 5.41) is 13.4. The van der Waals surface area contributed by atoms with Gasteiger partial charge in [-0.05, 0) is 50.1 Å². The number of aryl methyl sites for hydroxylation is 1. The van der Waals surface area contributed by atoms with Crippen LogP contribution < -0.4 is 10.1 Å². The second kappa shape index (κ2) is 9.22. The van der Waals surface area contributed by atoms with E-state index in [0.29, 0.717) is 54.1 Å². The zero-order chi connectivity index (χ0) is 22.7. The van der Waals surface area contributed by atoms with Crippen molar-refractivity contribution in [3.8, 4) is 5.75 Å². The van der Waals surface area contributed by atoms with E-state index in [9.17, 15) is 18.7 Å². The predicted molar refractivity (Wildman–Crippen MR) is 112 cm³/mol. The minimum Gasteiger partial charge on any atom is -0.487 e. The van der Waals surface area contributed by atoms with Gasteiger partial charge < -0.3 is 24.3 Å². The lowest BCUT2D eigenvalue weighted by atomic mass is 9.90. The fourth-order valence-electron chi connectivity index (χ4n) is 3.88. The van der Waals surface area contributed by atoms with Crippen molar-refractivity contribution in [1.29, 1.82) is 0 Å². The summed E-state index contributed by atoms with van der Waals surface area (Å²) in [7, 11) is 0. The largest absolute Gasteiger partial charge is 0.487 e.